The van der Waals surface area contributed by atoms with Gasteiger partial charge in [-0.05, 0) is 83.5 Å². The molecule has 0 aromatic rings. The number of amides is 1. The van der Waals surface area contributed by atoms with E-state index in [1.54, 1.807) is 0 Å². The molecule has 0 aliphatic rings. The smallest absolute Gasteiger partial charge is 0.305 e. The summed E-state index contributed by atoms with van der Waals surface area (Å²) in [5.41, 5.74) is 0. The summed E-state index contributed by atoms with van der Waals surface area (Å²) < 4.78 is 5.50. The van der Waals surface area contributed by atoms with Crippen molar-refractivity contribution < 1.29 is 24.5 Å². The van der Waals surface area contributed by atoms with Gasteiger partial charge in [0.25, 0.3) is 0 Å². The molecule has 0 saturated heterocycles. The highest BCUT2D eigenvalue weighted by molar-refractivity contribution is 5.76. The molecule has 0 radical (unpaired) electrons. The fraction of sp³-hybridized carbons (Fsp3) is 0.886. The SMILES string of the molecule is CCCCC/C=C\C/C=C\CCCCCCCCCC(=O)OCCCCCCCCCCCCCC/C=C\CCCCCCCCCCCCCCCCCC(=O)NC(CO)C(O)CCCCCCCCCCCCC. The number of unbranched alkanes of at least 4 members (excludes halogenated alkanes) is 47. The van der Waals surface area contributed by atoms with Crippen LogP contribution in [0.25, 0.3) is 0 Å². The van der Waals surface area contributed by atoms with Crippen LogP contribution in [0.5, 0.6) is 0 Å². The largest absolute Gasteiger partial charge is 0.466 e. The number of carbonyl (C=O) groups is 2. The minimum Gasteiger partial charge on any atom is -0.466 e. The third-order valence-electron chi connectivity index (χ3n) is 15.9. The molecule has 2 atom stereocenters. The van der Waals surface area contributed by atoms with Gasteiger partial charge >= 0.3 is 5.97 Å². The van der Waals surface area contributed by atoms with Crippen molar-refractivity contribution in [3.63, 3.8) is 0 Å². The van der Waals surface area contributed by atoms with Gasteiger partial charge < -0.3 is 20.3 Å². The van der Waals surface area contributed by atoms with E-state index in [-0.39, 0.29) is 18.5 Å². The lowest BCUT2D eigenvalue weighted by molar-refractivity contribution is -0.143. The Morgan fingerprint density at radius 1 is 0.368 bits per heavy atom. The molecule has 448 valence electrons. The normalized spacial score (nSPS) is 12.7. The second-order valence-corrected chi connectivity index (χ2v) is 23.5. The quantitative estimate of drug-likeness (QED) is 0.0320. The van der Waals surface area contributed by atoms with E-state index in [0.717, 1.165) is 51.4 Å². The average molecular weight is 1070 g/mol. The molecule has 3 N–H and O–H groups in total. The molecule has 76 heavy (non-hydrogen) atoms. The molecule has 1 amide bonds. The molecular formula is C70H133NO5. The van der Waals surface area contributed by atoms with E-state index in [1.165, 1.54) is 289 Å². The van der Waals surface area contributed by atoms with Gasteiger partial charge in [0.1, 0.15) is 0 Å². The molecule has 6 nitrogen and oxygen atoms in total. The molecule has 0 aromatic heterocycles. The highest BCUT2D eigenvalue weighted by Gasteiger charge is 2.20. The Hall–Kier alpha value is -1.92. The van der Waals surface area contributed by atoms with Crippen LogP contribution < -0.4 is 5.32 Å². The molecule has 0 spiro atoms. The van der Waals surface area contributed by atoms with Crippen molar-refractivity contribution in [1.29, 1.82) is 0 Å². The van der Waals surface area contributed by atoms with Gasteiger partial charge in [-0.2, -0.15) is 0 Å². The molecule has 0 aliphatic heterocycles. The highest BCUT2D eigenvalue weighted by atomic mass is 16.5. The number of aliphatic hydroxyl groups is 2. The van der Waals surface area contributed by atoms with Crippen molar-refractivity contribution in [3.05, 3.63) is 36.5 Å². The number of esters is 1. The van der Waals surface area contributed by atoms with E-state index < -0.39 is 12.1 Å². The number of aliphatic hydroxyl groups excluding tert-OH is 2. The van der Waals surface area contributed by atoms with E-state index in [0.29, 0.717) is 25.9 Å². The molecule has 0 heterocycles. The van der Waals surface area contributed by atoms with Crippen molar-refractivity contribution in [2.75, 3.05) is 13.2 Å². The van der Waals surface area contributed by atoms with Crippen LogP contribution in [0.4, 0.5) is 0 Å². The van der Waals surface area contributed by atoms with Crippen LogP contribution in [0.2, 0.25) is 0 Å². The van der Waals surface area contributed by atoms with Crippen LogP contribution in [0.3, 0.4) is 0 Å². The van der Waals surface area contributed by atoms with Crippen LogP contribution in [0.15, 0.2) is 36.5 Å². The van der Waals surface area contributed by atoms with Crippen molar-refractivity contribution in [2.45, 2.75) is 386 Å². The fourth-order valence-electron chi connectivity index (χ4n) is 10.7. The Bertz CT molecular complexity index is 1230. The lowest BCUT2D eigenvalue weighted by atomic mass is 10.0. The van der Waals surface area contributed by atoms with E-state index in [4.69, 9.17) is 4.74 Å². The van der Waals surface area contributed by atoms with Gasteiger partial charge in [0.15, 0.2) is 0 Å². The van der Waals surface area contributed by atoms with Crippen molar-refractivity contribution in [1.82, 2.24) is 5.32 Å². The van der Waals surface area contributed by atoms with Crippen molar-refractivity contribution in [2.24, 2.45) is 0 Å². The summed E-state index contributed by atoms with van der Waals surface area (Å²) in [5.74, 6) is -0.0225. The molecule has 0 aromatic carbocycles. The molecule has 6 heteroatoms. The Morgan fingerprint density at radius 2 is 0.658 bits per heavy atom. The first-order chi connectivity index (χ1) is 37.5. The molecule has 0 fully saturated rings. The summed E-state index contributed by atoms with van der Waals surface area (Å²) in [7, 11) is 0. The predicted molar refractivity (Wildman–Crippen MR) is 333 cm³/mol. The minimum atomic E-state index is -0.661. The number of hydrogen-bond donors (Lipinski definition) is 3. The van der Waals surface area contributed by atoms with Crippen LogP contribution in [-0.2, 0) is 14.3 Å². The third-order valence-corrected chi connectivity index (χ3v) is 15.9. The lowest BCUT2D eigenvalue weighted by Gasteiger charge is -2.22. The van der Waals surface area contributed by atoms with Gasteiger partial charge in [-0.1, -0.05) is 314 Å². The predicted octanol–water partition coefficient (Wildman–Crippen LogP) is 21.9. The molecule has 0 aliphatic carbocycles. The number of nitrogens with one attached hydrogen (secondary N) is 1. The Morgan fingerprint density at radius 3 is 1.04 bits per heavy atom. The first-order valence-electron chi connectivity index (χ1n) is 34.2. The first kappa shape index (κ1) is 74.1. The van der Waals surface area contributed by atoms with E-state index in [9.17, 15) is 19.8 Å². The Labute approximate surface area is 474 Å². The standard InChI is InChI=1S/C70H133NO5/c1-3-5-7-9-11-13-15-16-17-33-37-40-44-48-52-56-60-64-70(75)76-65-61-57-53-49-45-41-38-35-32-30-28-26-24-22-20-18-19-21-23-25-27-29-31-34-36-39-43-47-51-55-59-63-69(74)71-67(66-72)68(73)62-58-54-50-46-42-14-12-10-8-6-4-2/h11,13,16-17,20,22,67-68,72-73H,3-10,12,14-15,18-19,21,23-66H2,1-2H3,(H,71,74)/b13-11-,17-16-,22-20-. The van der Waals surface area contributed by atoms with E-state index in [2.05, 4.69) is 55.6 Å². The van der Waals surface area contributed by atoms with Crippen LogP contribution in [0.1, 0.15) is 373 Å². The zero-order valence-electron chi connectivity index (χ0n) is 51.3. The lowest BCUT2D eigenvalue weighted by Crippen LogP contribution is -2.45. The van der Waals surface area contributed by atoms with Gasteiger partial charge in [0.05, 0.1) is 25.4 Å². The number of allylic oxidation sites excluding steroid dienone is 6. The molecule has 0 saturated carbocycles. The number of rotatable bonds is 64. The van der Waals surface area contributed by atoms with Crippen molar-refractivity contribution in [3.8, 4) is 0 Å². The number of hydrogen-bond acceptors (Lipinski definition) is 5. The molecular weight excluding hydrogens is 935 g/mol. The molecule has 2 unspecified atom stereocenters. The summed E-state index contributed by atoms with van der Waals surface area (Å²) in [6, 6.07) is -0.538. The van der Waals surface area contributed by atoms with Crippen LogP contribution >= 0.6 is 0 Å². The third kappa shape index (κ3) is 61.3. The molecule has 0 rings (SSSR count). The zero-order chi connectivity index (χ0) is 55.0. The minimum absolute atomic E-state index is 0.0101. The van der Waals surface area contributed by atoms with Gasteiger partial charge in [-0.15, -0.1) is 0 Å². The topological polar surface area (TPSA) is 95.9 Å². The molecule has 0 bridgehead atoms. The maximum Gasteiger partial charge on any atom is 0.305 e. The average Bonchev–Trinajstić information content (AvgIpc) is 3.42. The summed E-state index contributed by atoms with van der Waals surface area (Å²) in [6.45, 7) is 4.94. The second kappa shape index (κ2) is 65.6. The van der Waals surface area contributed by atoms with Crippen LogP contribution in [-0.4, -0.2) is 47.4 Å². The second-order valence-electron chi connectivity index (χ2n) is 23.5. The van der Waals surface area contributed by atoms with Gasteiger partial charge in [0.2, 0.25) is 5.91 Å². The summed E-state index contributed by atoms with van der Waals surface area (Å²) in [5, 5.41) is 23.2. The van der Waals surface area contributed by atoms with Crippen molar-refractivity contribution >= 4 is 11.9 Å². The van der Waals surface area contributed by atoms with E-state index in [1.807, 2.05) is 0 Å². The maximum atomic E-state index is 12.5. The Kier molecular flexibility index (Phi) is 63.9. The summed E-state index contributed by atoms with van der Waals surface area (Å²) in [6.07, 6.45) is 83.4. The summed E-state index contributed by atoms with van der Waals surface area (Å²) in [4.78, 5) is 24.5. The van der Waals surface area contributed by atoms with Gasteiger partial charge in [-0.3, -0.25) is 9.59 Å². The Balaban J connectivity index is 3.34. The summed E-state index contributed by atoms with van der Waals surface area (Å²) >= 11 is 0. The maximum absolute atomic E-state index is 12.5. The zero-order valence-corrected chi connectivity index (χ0v) is 51.3. The van der Waals surface area contributed by atoms with E-state index >= 15 is 0 Å². The number of ether oxygens (including phenoxy) is 1. The van der Waals surface area contributed by atoms with Gasteiger partial charge in [0, 0.05) is 12.8 Å². The monoisotopic (exact) mass is 1070 g/mol. The fourth-order valence-corrected chi connectivity index (χ4v) is 10.7. The van der Waals surface area contributed by atoms with Gasteiger partial charge in [-0.25, -0.2) is 0 Å². The number of carbonyl (C=O) groups excluding carboxylic acids is 2. The first-order valence-corrected chi connectivity index (χ1v) is 34.2. The highest BCUT2D eigenvalue weighted by Crippen LogP contribution is 2.18. The van der Waals surface area contributed by atoms with Crippen LogP contribution in [0, 0.1) is 0 Å².